The van der Waals surface area contributed by atoms with Crippen LogP contribution in [-0.2, 0) is 14.3 Å². The number of nitrogen functional groups attached to an aromatic ring is 1. The Labute approximate surface area is 156 Å². The van der Waals surface area contributed by atoms with Crippen LogP contribution in [0.15, 0.2) is 4.47 Å². The summed E-state index contributed by atoms with van der Waals surface area (Å²) in [5.74, 6) is -0.640. The molecular weight excluding hydrogens is 483 g/mol. The number of carbonyl (C=O) groups is 1. The van der Waals surface area contributed by atoms with E-state index in [1.165, 1.54) is 14.0 Å². The molecule has 1 aromatic carbocycles. The molecule has 0 aromatic heterocycles. The molecule has 0 aliphatic carbocycles. The molecule has 9 heteroatoms. The van der Waals surface area contributed by atoms with Crippen molar-refractivity contribution >= 4 is 55.9 Å². The number of methoxy groups -OCH3 is 1. The Morgan fingerprint density at radius 2 is 1.96 bits per heavy atom. The average molecular weight is 501 g/mol. The van der Waals surface area contributed by atoms with Crippen LogP contribution >= 0.6 is 38.5 Å². The van der Waals surface area contributed by atoms with Crippen molar-refractivity contribution in [1.82, 2.24) is 0 Å². The van der Waals surface area contributed by atoms with Gasteiger partial charge in [0.25, 0.3) is 5.69 Å². The number of nitrogens with zero attached hydrogens (tertiary/aromatic N) is 1. The molecule has 2 N–H and O–H groups in total. The summed E-state index contributed by atoms with van der Waals surface area (Å²) in [5.41, 5.74) is 5.61. The number of carbonyl (C=O) groups excluding carboxylic acids is 1. The van der Waals surface area contributed by atoms with Crippen LogP contribution in [0.5, 0.6) is 0 Å². The Kier molecular flexibility index (Phi) is 6.39. The van der Waals surface area contributed by atoms with Crippen molar-refractivity contribution in [3.8, 4) is 0 Å². The Balaban J connectivity index is 3.72. The first-order valence-electron chi connectivity index (χ1n) is 6.59. The quantitative estimate of drug-likeness (QED) is 0.221. The summed E-state index contributed by atoms with van der Waals surface area (Å²) in [6.45, 7) is 6.88. The molecule has 0 radical (unpaired) electrons. The van der Waals surface area contributed by atoms with Gasteiger partial charge in [0.2, 0.25) is 0 Å². The van der Waals surface area contributed by atoms with Gasteiger partial charge in [0.1, 0.15) is 5.69 Å². The van der Waals surface area contributed by atoms with Crippen LogP contribution < -0.4 is 5.73 Å². The Hall–Kier alpha value is -0.940. The number of hydrogen-bond acceptors (Lipinski definition) is 6. The minimum atomic E-state index is -1.11. The van der Waals surface area contributed by atoms with E-state index in [1.807, 2.05) is 22.6 Å². The van der Waals surface area contributed by atoms with E-state index in [2.05, 4.69) is 15.9 Å². The van der Waals surface area contributed by atoms with E-state index < -0.39 is 22.6 Å². The second kappa shape index (κ2) is 7.31. The molecule has 0 unspecified atom stereocenters. The second-order valence-corrected chi connectivity index (χ2v) is 7.69. The van der Waals surface area contributed by atoms with Gasteiger partial charge in [-0.15, -0.1) is 0 Å². The topological polar surface area (TPSA) is 105 Å². The fourth-order valence-corrected chi connectivity index (χ4v) is 3.33. The molecular formula is C14H18BrIN2O5. The van der Waals surface area contributed by atoms with E-state index in [0.717, 1.165) is 0 Å². The third-order valence-electron chi connectivity index (χ3n) is 3.01. The molecule has 1 rings (SSSR count). The summed E-state index contributed by atoms with van der Waals surface area (Å²) < 4.78 is 11.5. The maximum Gasteiger partial charge on any atom is 0.339 e. The van der Waals surface area contributed by atoms with Crippen LogP contribution in [0.4, 0.5) is 11.4 Å². The minimum Gasteiger partial charge on any atom is -0.467 e. The van der Waals surface area contributed by atoms with Crippen molar-refractivity contribution in [2.45, 2.75) is 39.4 Å². The molecule has 1 aromatic rings. The number of rotatable bonds is 4. The van der Waals surface area contributed by atoms with Gasteiger partial charge in [0.15, 0.2) is 6.10 Å². The Bertz CT molecular complexity index is 658. The van der Waals surface area contributed by atoms with Crippen molar-refractivity contribution in [2.24, 2.45) is 0 Å². The molecule has 0 spiro atoms. The van der Waals surface area contributed by atoms with E-state index in [9.17, 15) is 14.9 Å². The van der Waals surface area contributed by atoms with Crippen LogP contribution in [0.1, 0.15) is 38.0 Å². The van der Waals surface area contributed by atoms with Crippen molar-refractivity contribution in [3.05, 3.63) is 29.3 Å². The molecule has 23 heavy (non-hydrogen) atoms. The van der Waals surface area contributed by atoms with Crippen molar-refractivity contribution in [2.75, 3.05) is 12.8 Å². The highest BCUT2D eigenvalue weighted by atomic mass is 127. The standard InChI is InChI=1S/C14H18BrIN2O5/c1-6-7(12(13(19)22-5)23-14(2,3)4)8(15)9(16)10(17)11(6)18(20)21/h12H,17H2,1-5H3/t12-/m0/s1. The van der Waals surface area contributed by atoms with Crippen molar-refractivity contribution in [3.63, 3.8) is 0 Å². The van der Waals surface area contributed by atoms with Crippen LogP contribution in [0.25, 0.3) is 0 Å². The first-order chi connectivity index (χ1) is 10.4. The third-order valence-corrected chi connectivity index (χ3v) is 5.70. The SMILES string of the molecule is COC(=O)[C@@H](OC(C)(C)C)c1c(C)c([N+](=O)[O-])c(N)c(I)c1Br. The third kappa shape index (κ3) is 4.32. The Morgan fingerprint density at radius 3 is 2.35 bits per heavy atom. The fourth-order valence-electron chi connectivity index (χ4n) is 2.07. The maximum absolute atomic E-state index is 12.2. The molecule has 1 atom stereocenters. The molecule has 0 saturated carbocycles. The van der Waals surface area contributed by atoms with Gasteiger partial charge in [-0.05, 0) is 66.2 Å². The summed E-state index contributed by atoms with van der Waals surface area (Å²) in [5, 5.41) is 11.4. The first kappa shape index (κ1) is 20.1. The summed E-state index contributed by atoms with van der Waals surface area (Å²) in [6.07, 6.45) is -1.11. The number of nitro groups is 1. The number of nitrogens with two attached hydrogens (primary N) is 1. The van der Waals surface area contributed by atoms with Gasteiger partial charge in [-0.3, -0.25) is 10.1 Å². The normalized spacial score (nSPS) is 12.8. The van der Waals surface area contributed by atoms with Gasteiger partial charge >= 0.3 is 5.97 Å². The molecule has 0 amide bonds. The fraction of sp³-hybridized carbons (Fsp3) is 0.500. The summed E-state index contributed by atoms with van der Waals surface area (Å²) in [6, 6.07) is 0. The highest BCUT2D eigenvalue weighted by Gasteiger charge is 2.36. The number of esters is 1. The van der Waals surface area contributed by atoms with E-state index in [0.29, 0.717) is 13.6 Å². The largest absolute Gasteiger partial charge is 0.467 e. The molecule has 0 fully saturated rings. The van der Waals surface area contributed by atoms with Crippen LogP contribution in [-0.4, -0.2) is 23.6 Å². The molecule has 0 saturated heterocycles. The molecule has 0 aliphatic heterocycles. The van der Waals surface area contributed by atoms with Crippen LogP contribution in [0.2, 0.25) is 0 Å². The monoisotopic (exact) mass is 500 g/mol. The summed E-state index contributed by atoms with van der Waals surface area (Å²) in [4.78, 5) is 23.0. The lowest BCUT2D eigenvalue weighted by Crippen LogP contribution is -2.29. The number of nitro benzene ring substituents is 1. The van der Waals surface area contributed by atoms with Gasteiger partial charge in [0, 0.05) is 15.6 Å². The van der Waals surface area contributed by atoms with Crippen LogP contribution in [0.3, 0.4) is 0 Å². The molecule has 0 heterocycles. The first-order valence-corrected chi connectivity index (χ1v) is 8.46. The number of benzene rings is 1. The Morgan fingerprint density at radius 1 is 1.43 bits per heavy atom. The lowest BCUT2D eigenvalue weighted by Gasteiger charge is -2.28. The average Bonchev–Trinajstić information content (AvgIpc) is 2.41. The molecule has 7 nitrogen and oxygen atoms in total. The number of hydrogen-bond donors (Lipinski definition) is 1. The van der Waals surface area contributed by atoms with Crippen molar-refractivity contribution in [1.29, 1.82) is 0 Å². The van der Waals surface area contributed by atoms with Crippen molar-refractivity contribution < 1.29 is 19.2 Å². The molecule has 0 bridgehead atoms. The lowest BCUT2D eigenvalue weighted by molar-refractivity contribution is -0.384. The highest BCUT2D eigenvalue weighted by Crippen LogP contribution is 2.43. The van der Waals surface area contributed by atoms with Gasteiger partial charge in [-0.2, -0.15) is 0 Å². The van der Waals surface area contributed by atoms with Gasteiger partial charge in [0.05, 0.1) is 21.2 Å². The molecule has 0 aliphatic rings. The zero-order chi connectivity index (χ0) is 18.1. The van der Waals surface area contributed by atoms with E-state index in [1.54, 1.807) is 20.8 Å². The smallest absolute Gasteiger partial charge is 0.339 e. The second-order valence-electron chi connectivity index (χ2n) is 5.82. The minimum absolute atomic E-state index is 0.0445. The number of anilines is 1. The van der Waals surface area contributed by atoms with E-state index in [-0.39, 0.29) is 16.9 Å². The summed E-state index contributed by atoms with van der Waals surface area (Å²) >= 11 is 5.27. The van der Waals surface area contributed by atoms with E-state index >= 15 is 0 Å². The van der Waals surface area contributed by atoms with Gasteiger partial charge in [-0.25, -0.2) is 4.79 Å². The predicted molar refractivity (Wildman–Crippen MR) is 98.3 cm³/mol. The zero-order valence-corrected chi connectivity index (χ0v) is 17.1. The van der Waals surface area contributed by atoms with Crippen LogP contribution in [0, 0.1) is 20.6 Å². The number of halogens is 2. The lowest BCUT2D eigenvalue weighted by atomic mass is 9.99. The molecule has 128 valence electrons. The van der Waals surface area contributed by atoms with E-state index in [4.69, 9.17) is 15.2 Å². The maximum atomic E-state index is 12.2. The van der Waals surface area contributed by atoms with Gasteiger partial charge in [-0.1, -0.05) is 0 Å². The number of ether oxygens (including phenoxy) is 2. The predicted octanol–water partition coefficient (Wildman–Crippen LogP) is 3.88. The summed E-state index contributed by atoms with van der Waals surface area (Å²) in [7, 11) is 1.24. The van der Waals surface area contributed by atoms with Gasteiger partial charge < -0.3 is 15.2 Å². The highest BCUT2D eigenvalue weighted by molar-refractivity contribution is 14.1. The zero-order valence-electron chi connectivity index (χ0n) is 13.4.